The average molecular weight is 212 g/mol. The molecule has 0 radical (unpaired) electrons. The fourth-order valence-electron chi connectivity index (χ4n) is 3.27. The van der Waals surface area contributed by atoms with Crippen molar-refractivity contribution in [3.63, 3.8) is 0 Å². The molecule has 0 aromatic heterocycles. The van der Waals surface area contributed by atoms with E-state index in [-0.39, 0.29) is 23.4 Å². The Bertz CT molecular complexity index is 237. The first-order valence-electron chi connectivity index (χ1n) is 6.20. The van der Waals surface area contributed by atoms with Crippen molar-refractivity contribution in [1.82, 2.24) is 0 Å². The highest BCUT2D eigenvalue weighted by atomic mass is 16.3. The van der Waals surface area contributed by atoms with Gasteiger partial charge in [-0.3, -0.25) is 4.79 Å². The van der Waals surface area contributed by atoms with Crippen molar-refractivity contribution in [2.45, 2.75) is 59.5 Å². The van der Waals surface area contributed by atoms with Gasteiger partial charge in [0.2, 0.25) is 0 Å². The van der Waals surface area contributed by atoms with Gasteiger partial charge in [-0.1, -0.05) is 27.7 Å². The van der Waals surface area contributed by atoms with Crippen molar-refractivity contribution in [3.8, 4) is 0 Å². The van der Waals surface area contributed by atoms with E-state index in [9.17, 15) is 9.90 Å². The third kappa shape index (κ3) is 1.96. The second-order valence-corrected chi connectivity index (χ2v) is 5.04. The minimum absolute atomic E-state index is 0.0481. The van der Waals surface area contributed by atoms with Crippen LogP contribution in [0.5, 0.6) is 0 Å². The zero-order valence-electron chi connectivity index (χ0n) is 10.4. The molecule has 0 saturated heterocycles. The Morgan fingerprint density at radius 2 is 2.13 bits per heavy atom. The van der Waals surface area contributed by atoms with Gasteiger partial charge in [0.05, 0.1) is 6.10 Å². The molecule has 1 unspecified atom stereocenters. The first-order chi connectivity index (χ1) is 6.99. The average Bonchev–Trinajstić information content (AvgIpc) is 2.55. The number of carbonyl (C=O) groups excluding carboxylic acids is 1. The third-order valence-corrected chi connectivity index (χ3v) is 4.74. The predicted octanol–water partition coefficient (Wildman–Crippen LogP) is 2.79. The van der Waals surface area contributed by atoms with E-state index >= 15 is 0 Å². The predicted molar refractivity (Wildman–Crippen MR) is 61.6 cm³/mol. The second-order valence-electron chi connectivity index (χ2n) is 5.04. The highest BCUT2D eigenvalue weighted by Gasteiger charge is 2.48. The molecular formula is C13H24O2. The summed E-state index contributed by atoms with van der Waals surface area (Å²) in [6.45, 7) is 8.30. The lowest BCUT2D eigenvalue weighted by molar-refractivity contribution is -0.123. The standard InChI is InChI=1S/C13H24O2/c1-5-11(14)9(3)13(6-2)8-7-12(15)10(13)4/h9-11,14H,5-8H2,1-4H3/t9-,10?,11+,13-/m0/s1. The summed E-state index contributed by atoms with van der Waals surface area (Å²) in [6.07, 6.45) is 3.18. The molecule has 1 rings (SSSR count). The molecule has 1 fully saturated rings. The first-order valence-corrected chi connectivity index (χ1v) is 6.20. The van der Waals surface area contributed by atoms with Gasteiger partial charge in [0.15, 0.2) is 0 Å². The van der Waals surface area contributed by atoms with Crippen molar-refractivity contribution in [2.24, 2.45) is 17.3 Å². The zero-order chi connectivity index (χ0) is 11.6. The van der Waals surface area contributed by atoms with Gasteiger partial charge in [-0.2, -0.15) is 0 Å². The van der Waals surface area contributed by atoms with Crippen LogP contribution in [0.2, 0.25) is 0 Å². The molecule has 0 aliphatic heterocycles. The maximum Gasteiger partial charge on any atom is 0.136 e. The molecule has 15 heavy (non-hydrogen) atoms. The fraction of sp³-hybridized carbons (Fsp3) is 0.923. The maximum absolute atomic E-state index is 11.7. The number of ketones is 1. The van der Waals surface area contributed by atoms with Gasteiger partial charge in [-0.15, -0.1) is 0 Å². The number of hydrogen-bond acceptors (Lipinski definition) is 2. The highest BCUT2D eigenvalue weighted by molar-refractivity contribution is 5.83. The van der Waals surface area contributed by atoms with Gasteiger partial charge in [-0.05, 0) is 30.6 Å². The van der Waals surface area contributed by atoms with Gasteiger partial charge < -0.3 is 5.11 Å². The number of rotatable bonds is 4. The summed E-state index contributed by atoms with van der Waals surface area (Å²) < 4.78 is 0. The first kappa shape index (κ1) is 12.7. The molecule has 2 heteroatoms. The second kappa shape index (κ2) is 4.65. The van der Waals surface area contributed by atoms with Crippen LogP contribution in [0.3, 0.4) is 0 Å². The van der Waals surface area contributed by atoms with Crippen molar-refractivity contribution in [1.29, 1.82) is 0 Å². The molecule has 0 aromatic carbocycles. The van der Waals surface area contributed by atoms with E-state index in [1.165, 1.54) is 0 Å². The maximum atomic E-state index is 11.7. The molecule has 1 N–H and O–H groups in total. The van der Waals surface area contributed by atoms with E-state index in [0.717, 1.165) is 19.3 Å². The van der Waals surface area contributed by atoms with Crippen LogP contribution in [0, 0.1) is 17.3 Å². The molecule has 0 amide bonds. The molecule has 1 aliphatic rings. The van der Waals surface area contributed by atoms with Crippen LogP contribution >= 0.6 is 0 Å². The highest BCUT2D eigenvalue weighted by Crippen LogP contribution is 2.50. The van der Waals surface area contributed by atoms with E-state index < -0.39 is 0 Å². The van der Waals surface area contributed by atoms with Crippen molar-refractivity contribution in [3.05, 3.63) is 0 Å². The molecule has 0 spiro atoms. The minimum atomic E-state index is -0.265. The lowest BCUT2D eigenvalue weighted by atomic mass is 9.65. The Balaban J connectivity index is 2.90. The summed E-state index contributed by atoms with van der Waals surface area (Å²) >= 11 is 0. The van der Waals surface area contributed by atoms with Crippen molar-refractivity contribution >= 4 is 5.78 Å². The Hall–Kier alpha value is -0.370. The van der Waals surface area contributed by atoms with Crippen molar-refractivity contribution < 1.29 is 9.90 Å². The normalized spacial score (nSPS) is 35.5. The number of carbonyl (C=O) groups is 1. The van der Waals surface area contributed by atoms with Gasteiger partial charge >= 0.3 is 0 Å². The topological polar surface area (TPSA) is 37.3 Å². The number of aliphatic hydroxyl groups is 1. The fourth-order valence-corrected chi connectivity index (χ4v) is 3.27. The zero-order valence-corrected chi connectivity index (χ0v) is 10.4. The Labute approximate surface area is 93.1 Å². The SMILES string of the molecule is CC[C@@H](O)[C@H](C)[C@]1(CC)CCC(=O)C1C. The summed E-state index contributed by atoms with van der Waals surface area (Å²) in [6, 6.07) is 0. The van der Waals surface area contributed by atoms with E-state index in [1.54, 1.807) is 0 Å². The van der Waals surface area contributed by atoms with E-state index in [0.29, 0.717) is 12.2 Å². The molecule has 0 heterocycles. The molecule has 2 nitrogen and oxygen atoms in total. The lowest BCUT2D eigenvalue weighted by Crippen LogP contribution is -2.39. The summed E-state index contributed by atoms with van der Waals surface area (Å²) in [5.41, 5.74) is 0.0481. The molecular weight excluding hydrogens is 188 g/mol. The molecule has 4 atom stereocenters. The summed E-state index contributed by atoms with van der Waals surface area (Å²) in [7, 11) is 0. The van der Waals surface area contributed by atoms with Crippen LogP contribution in [0.1, 0.15) is 53.4 Å². The smallest absolute Gasteiger partial charge is 0.136 e. The monoisotopic (exact) mass is 212 g/mol. The van der Waals surface area contributed by atoms with Crippen LogP contribution in [-0.2, 0) is 4.79 Å². The van der Waals surface area contributed by atoms with Gasteiger partial charge in [0.25, 0.3) is 0 Å². The number of aliphatic hydroxyl groups excluding tert-OH is 1. The largest absolute Gasteiger partial charge is 0.393 e. The minimum Gasteiger partial charge on any atom is -0.393 e. The van der Waals surface area contributed by atoms with Crippen LogP contribution in [0.4, 0.5) is 0 Å². The van der Waals surface area contributed by atoms with Crippen LogP contribution < -0.4 is 0 Å². The summed E-state index contributed by atoms with van der Waals surface area (Å²) in [5, 5.41) is 9.98. The number of hydrogen-bond donors (Lipinski definition) is 1. The van der Waals surface area contributed by atoms with Crippen molar-refractivity contribution in [2.75, 3.05) is 0 Å². The Morgan fingerprint density at radius 1 is 1.53 bits per heavy atom. The molecule has 0 bridgehead atoms. The van der Waals surface area contributed by atoms with Crippen LogP contribution in [0.25, 0.3) is 0 Å². The molecule has 1 aliphatic carbocycles. The van der Waals surface area contributed by atoms with E-state index in [4.69, 9.17) is 0 Å². The quantitative estimate of drug-likeness (QED) is 0.778. The van der Waals surface area contributed by atoms with E-state index in [2.05, 4.69) is 13.8 Å². The number of Topliss-reactive ketones (excluding diaryl/α,β-unsaturated/α-hetero) is 1. The summed E-state index contributed by atoms with van der Waals surface area (Å²) in [5.74, 6) is 0.736. The summed E-state index contributed by atoms with van der Waals surface area (Å²) in [4.78, 5) is 11.7. The van der Waals surface area contributed by atoms with Crippen LogP contribution in [-0.4, -0.2) is 17.0 Å². The Morgan fingerprint density at radius 3 is 2.47 bits per heavy atom. The van der Waals surface area contributed by atoms with Crippen LogP contribution in [0.15, 0.2) is 0 Å². The Kier molecular flexibility index (Phi) is 3.93. The molecule has 1 saturated carbocycles. The van der Waals surface area contributed by atoms with E-state index in [1.807, 2.05) is 13.8 Å². The van der Waals surface area contributed by atoms with Gasteiger partial charge in [0.1, 0.15) is 5.78 Å². The van der Waals surface area contributed by atoms with Gasteiger partial charge in [0, 0.05) is 12.3 Å². The lowest BCUT2D eigenvalue weighted by Gasteiger charge is -2.40. The molecule has 0 aromatic rings. The molecule has 88 valence electrons. The third-order valence-electron chi connectivity index (χ3n) is 4.74. The van der Waals surface area contributed by atoms with Gasteiger partial charge in [-0.25, -0.2) is 0 Å².